The number of carbonyl (C=O) groups is 3. The number of esters is 1. The van der Waals surface area contributed by atoms with E-state index in [1.807, 2.05) is 6.08 Å². The van der Waals surface area contributed by atoms with Crippen molar-refractivity contribution in [2.75, 3.05) is 0 Å². The summed E-state index contributed by atoms with van der Waals surface area (Å²) in [6.45, 7) is 8.23. The third-order valence-electron chi connectivity index (χ3n) is 6.53. The molecule has 4 heteroatoms. The van der Waals surface area contributed by atoms with Gasteiger partial charge in [-0.25, -0.2) is 4.79 Å². The van der Waals surface area contributed by atoms with Crippen molar-refractivity contribution in [3.63, 3.8) is 0 Å². The minimum atomic E-state index is -0.898. The second-order valence-electron chi connectivity index (χ2n) is 7.73. The van der Waals surface area contributed by atoms with Gasteiger partial charge in [-0.05, 0) is 55.9 Å². The number of fused-ring (bicyclic) bond motifs is 1. The molecule has 0 radical (unpaired) electrons. The number of carbonyl (C=O) groups excluding carboxylic acids is 3. The summed E-state index contributed by atoms with van der Waals surface area (Å²) in [6, 6.07) is 0. The molecule has 0 amide bonds. The van der Waals surface area contributed by atoms with Crippen LogP contribution in [0.3, 0.4) is 0 Å². The second-order valence-corrected chi connectivity index (χ2v) is 7.73. The van der Waals surface area contributed by atoms with Gasteiger partial charge < -0.3 is 9.53 Å². The molecular formula is C20H24O4. The van der Waals surface area contributed by atoms with Crippen LogP contribution < -0.4 is 0 Å². The van der Waals surface area contributed by atoms with Crippen molar-refractivity contribution in [3.05, 3.63) is 36.1 Å². The lowest BCUT2D eigenvalue weighted by atomic mass is 9.46. The third-order valence-corrected chi connectivity index (χ3v) is 6.53. The predicted octanol–water partition coefficient (Wildman–Crippen LogP) is 3.53. The molecule has 4 atom stereocenters. The van der Waals surface area contributed by atoms with Crippen LogP contribution in [0.4, 0.5) is 0 Å². The fraction of sp³-hybridized carbons (Fsp3) is 0.550. The number of hydrogen-bond acceptors (Lipinski definition) is 4. The van der Waals surface area contributed by atoms with Gasteiger partial charge in [0.2, 0.25) is 0 Å². The Morgan fingerprint density at radius 3 is 2.71 bits per heavy atom. The van der Waals surface area contributed by atoms with Crippen LogP contribution in [0.2, 0.25) is 0 Å². The van der Waals surface area contributed by atoms with Crippen LogP contribution >= 0.6 is 0 Å². The van der Waals surface area contributed by atoms with Gasteiger partial charge in [-0.3, -0.25) is 4.79 Å². The predicted molar refractivity (Wildman–Crippen MR) is 89.8 cm³/mol. The number of allylic oxidation sites excluding steroid dienone is 2. The molecule has 3 rings (SSSR count). The zero-order valence-electron chi connectivity index (χ0n) is 14.3. The molecule has 128 valence electrons. The van der Waals surface area contributed by atoms with Gasteiger partial charge in [0.25, 0.3) is 0 Å². The van der Waals surface area contributed by atoms with Crippen LogP contribution in [0, 0.1) is 22.7 Å². The van der Waals surface area contributed by atoms with Crippen molar-refractivity contribution in [1.29, 1.82) is 0 Å². The molecular weight excluding hydrogens is 304 g/mol. The van der Waals surface area contributed by atoms with E-state index in [-0.39, 0.29) is 29.0 Å². The first-order valence-corrected chi connectivity index (χ1v) is 8.58. The molecule has 3 aliphatic rings. The second kappa shape index (κ2) is 5.83. The topological polar surface area (TPSA) is 60.4 Å². The van der Waals surface area contributed by atoms with Gasteiger partial charge in [0.15, 0.2) is 0 Å². The molecule has 0 aromatic heterocycles. The number of hydrogen-bond donors (Lipinski definition) is 0. The van der Waals surface area contributed by atoms with E-state index in [1.54, 1.807) is 13.0 Å². The highest BCUT2D eigenvalue weighted by Crippen LogP contribution is 2.60. The average molecular weight is 328 g/mol. The first-order valence-electron chi connectivity index (χ1n) is 8.58. The molecule has 1 aliphatic heterocycles. The van der Waals surface area contributed by atoms with E-state index in [9.17, 15) is 14.4 Å². The van der Waals surface area contributed by atoms with Gasteiger partial charge >= 0.3 is 5.97 Å². The van der Waals surface area contributed by atoms with Gasteiger partial charge in [0.1, 0.15) is 12.1 Å². The van der Waals surface area contributed by atoms with Crippen LogP contribution in [0.15, 0.2) is 36.1 Å². The van der Waals surface area contributed by atoms with E-state index in [4.69, 9.17) is 4.74 Å². The summed E-state index contributed by atoms with van der Waals surface area (Å²) < 4.78 is 4.83. The van der Waals surface area contributed by atoms with Crippen molar-refractivity contribution < 1.29 is 19.1 Å². The molecule has 2 fully saturated rings. The molecule has 2 aliphatic carbocycles. The van der Waals surface area contributed by atoms with E-state index in [0.29, 0.717) is 18.4 Å². The number of rotatable bonds is 3. The van der Waals surface area contributed by atoms with Crippen molar-refractivity contribution >= 4 is 18.0 Å². The normalized spacial score (nSPS) is 40.6. The van der Waals surface area contributed by atoms with Crippen LogP contribution in [0.1, 0.15) is 46.0 Å². The molecule has 1 heterocycles. The fourth-order valence-electron chi connectivity index (χ4n) is 5.01. The van der Waals surface area contributed by atoms with E-state index in [2.05, 4.69) is 13.5 Å². The zero-order valence-corrected chi connectivity index (χ0v) is 14.3. The van der Waals surface area contributed by atoms with Crippen LogP contribution in [0.5, 0.6) is 0 Å². The molecule has 24 heavy (non-hydrogen) atoms. The smallest absolute Gasteiger partial charge is 0.342 e. The summed E-state index contributed by atoms with van der Waals surface area (Å²) in [5.74, 6) is -0.0665. The summed E-state index contributed by atoms with van der Waals surface area (Å²) in [4.78, 5) is 35.8. The Morgan fingerprint density at radius 2 is 2.08 bits per heavy atom. The monoisotopic (exact) mass is 328 g/mol. The summed E-state index contributed by atoms with van der Waals surface area (Å²) >= 11 is 0. The standard InChI is InChI=1S/C20H24O4/c1-13-4-7-16-19(2,10-8-17(22)20(16,3)12-21)15(13)6-5-14-9-11-24-18(14)23/h5,9,11-12,15-16H,1,4,6-8,10H2,2-3H3/b14-5+/t15-,16?,19+,20+/m1/s1. The molecule has 0 spiro atoms. The quantitative estimate of drug-likeness (QED) is 0.261. The van der Waals surface area contributed by atoms with Crippen LogP contribution in [0.25, 0.3) is 0 Å². The summed E-state index contributed by atoms with van der Waals surface area (Å²) in [5.41, 5.74) is 0.676. The maximum absolute atomic E-state index is 12.4. The van der Waals surface area contributed by atoms with E-state index < -0.39 is 5.41 Å². The highest BCUT2D eigenvalue weighted by Gasteiger charge is 2.57. The fourth-order valence-corrected chi connectivity index (χ4v) is 5.01. The van der Waals surface area contributed by atoms with Crippen molar-refractivity contribution in [1.82, 2.24) is 0 Å². The van der Waals surface area contributed by atoms with E-state index in [1.165, 1.54) is 6.26 Å². The van der Waals surface area contributed by atoms with Gasteiger partial charge in [0.05, 0.1) is 17.3 Å². The van der Waals surface area contributed by atoms with Crippen LogP contribution in [-0.2, 0) is 19.1 Å². The number of cyclic esters (lactones) is 1. The molecule has 4 nitrogen and oxygen atoms in total. The lowest BCUT2D eigenvalue weighted by molar-refractivity contribution is -0.151. The number of ether oxygens (including phenoxy) is 1. The summed E-state index contributed by atoms with van der Waals surface area (Å²) in [7, 11) is 0. The summed E-state index contributed by atoms with van der Waals surface area (Å²) in [6.07, 6.45) is 9.38. The SMILES string of the molecule is C=C1CCC2[C@](C)(C=O)C(=O)CC[C@@]2(C)[C@@H]1C/C=C1\C=COC1=O. The zero-order chi connectivity index (χ0) is 17.5. The average Bonchev–Trinajstić information content (AvgIpc) is 2.96. The Labute approximate surface area is 142 Å². The molecule has 1 unspecified atom stereocenters. The Hall–Kier alpha value is -1.97. The maximum atomic E-state index is 12.4. The van der Waals surface area contributed by atoms with Crippen LogP contribution in [-0.4, -0.2) is 18.0 Å². The maximum Gasteiger partial charge on any atom is 0.342 e. The number of Topliss-reactive ketones (excluding diaryl/α,β-unsaturated/α-hetero) is 1. The van der Waals surface area contributed by atoms with Gasteiger partial charge in [-0.2, -0.15) is 0 Å². The van der Waals surface area contributed by atoms with E-state index in [0.717, 1.165) is 31.1 Å². The molecule has 0 N–H and O–H groups in total. The highest BCUT2D eigenvalue weighted by atomic mass is 16.5. The van der Waals surface area contributed by atoms with E-state index >= 15 is 0 Å². The minimum absolute atomic E-state index is 0.0312. The lowest BCUT2D eigenvalue weighted by Gasteiger charge is -2.56. The van der Waals surface area contributed by atoms with Gasteiger partial charge in [0, 0.05) is 6.42 Å². The third kappa shape index (κ3) is 2.40. The molecule has 0 aromatic rings. The number of aldehydes is 1. The Morgan fingerprint density at radius 1 is 1.33 bits per heavy atom. The first kappa shape index (κ1) is 16.9. The Kier molecular flexibility index (Phi) is 4.10. The first-order chi connectivity index (χ1) is 11.3. The minimum Gasteiger partial charge on any atom is -0.431 e. The van der Waals surface area contributed by atoms with Crippen molar-refractivity contribution in [3.8, 4) is 0 Å². The molecule has 0 saturated heterocycles. The lowest BCUT2D eigenvalue weighted by Crippen LogP contribution is -2.55. The largest absolute Gasteiger partial charge is 0.431 e. The van der Waals surface area contributed by atoms with Crippen molar-refractivity contribution in [2.24, 2.45) is 22.7 Å². The van der Waals surface area contributed by atoms with Gasteiger partial charge in [-0.15, -0.1) is 0 Å². The molecule has 0 bridgehead atoms. The van der Waals surface area contributed by atoms with Crippen molar-refractivity contribution in [2.45, 2.75) is 46.0 Å². The highest BCUT2D eigenvalue weighted by molar-refractivity contribution is 5.99. The van der Waals surface area contributed by atoms with Gasteiger partial charge in [-0.1, -0.05) is 25.2 Å². The molecule has 0 aromatic carbocycles. The molecule has 2 saturated carbocycles. The Balaban J connectivity index is 1.92. The summed E-state index contributed by atoms with van der Waals surface area (Å²) in [5, 5.41) is 0. The Bertz CT molecular complexity index is 671. The number of ketones is 1.